The van der Waals surface area contributed by atoms with Gasteiger partial charge in [-0.05, 0) is 32.3 Å². The predicted molar refractivity (Wildman–Crippen MR) is 62.4 cm³/mol. The summed E-state index contributed by atoms with van der Waals surface area (Å²) in [5, 5.41) is 9.59. The quantitative estimate of drug-likeness (QED) is 0.704. The third-order valence-corrected chi connectivity index (χ3v) is 2.92. The standard InChI is InChI=1S/C13H20O2/c1-4-5-8-13(10-14)9-11(2)6-7-12(13)15-3/h4,7,9,14H,1,5-6,8,10H2,2-3H3. The van der Waals surface area contributed by atoms with Gasteiger partial charge in [-0.1, -0.05) is 17.7 Å². The van der Waals surface area contributed by atoms with Crippen molar-refractivity contribution < 1.29 is 9.84 Å². The molecule has 15 heavy (non-hydrogen) atoms. The largest absolute Gasteiger partial charge is 0.500 e. The smallest absolute Gasteiger partial charge is 0.104 e. The van der Waals surface area contributed by atoms with Gasteiger partial charge in [0, 0.05) is 0 Å². The van der Waals surface area contributed by atoms with E-state index >= 15 is 0 Å². The molecule has 2 nitrogen and oxygen atoms in total. The van der Waals surface area contributed by atoms with Crippen LogP contribution >= 0.6 is 0 Å². The van der Waals surface area contributed by atoms with Crippen molar-refractivity contribution in [3.63, 3.8) is 0 Å². The van der Waals surface area contributed by atoms with Crippen LogP contribution in [0.5, 0.6) is 0 Å². The van der Waals surface area contributed by atoms with E-state index in [4.69, 9.17) is 4.74 Å². The molecule has 1 unspecified atom stereocenters. The Kier molecular flexibility index (Phi) is 4.15. The van der Waals surface area contributed by atoms with Crippen LogP contribution in [0.2, 0.25) is 0 Å². The second kappa shape index (κ2) is 5.17. The Bertz CT molecular complexity index is 289. The van der Waals surface area contributed by atoms with E-state index in [0.29, 0.717) is 0 Å². The molecule has 1 N–H and O–H groups in total. The number of ether oxygens (including phenoxy) is 1. The first-order valence-electron chi connectivity index (χ1n) is 5.33. The molecule has 1 aliphatic carbocycles. The second-order valence-corrected chi connectivity index (χ2v) is 4.11. The molecule has 0 saturated heterocycles. The van der Waals surface area contributed by atoms with E-state index in [9.17, 15) is 5.11 Å². The molecule has 0 aliphatic heterocycles. The second-order valence-electron chi connectivity index (χ2n) is 4.11. The number of allylic oxidation sites excluding steroid dienone is 3. The topological polar surface area (TPSA) is 29.5 Å². The molecule has 0 aromatic rings. The van der Waals surface area contributed by atoms with Crippen LogP contribution in [-0.2, 0) is 4.74 Å². The number of aliphatic hydroxyl groups is 1. The maximum atomic E-state index is 9.59. The Morgan fingerprint density at radius 2 is 2.40 bits per heavy atom. The van der Waals surface area contributed by atoms with Gasteiger partial charge < -0.3 is 9.84 Å². The SMILES string of the molecule is C=CCCC1(CO)C=C(C)CC=C1OC. The van der Waals surface area contributed by atoms with E-state index in [1.807, 2.05) is 6.08 Å². The van der Waals surface area contributed by atoms with Crippen LogP contribution in [0.4, 0.5) is 0 Å². The number of aliphatic hydroxyl groups excluding tert-OH is 1. The zero-order valence-electron chi connectivity index (χ0n) is 9.62. The molecule has 0 aromatic carbocycles. The fraction of sp³-hybridized carbons (Fsp3) is 0.538. The van der Waals surface area contributed by atoms with Crippen molar-refractivity contribution in [3.05, 3.63) is 36.1 Å². The molecule has 84 valence electrons. The molecule has 0 aromatic heterocycles. The minimum absolute atomic E-state index is 0.0951. The van der Waals surface area contributed by atoms with E-state index in [1.165, 1.54) is 5.57 Å². The van der Waals surface area contributed by atoms with Gasteiger partial charge in [0.1, 0.15) is 5.76 Å². The molecular weight excluding hydrogens is 188 g/mol. The third-order valence-electron chi connectivity index (χ3n) is 2.92. The van der Waals surface area contributed by atoms with Gasteiger partial charge in [0.25, 0.3) is 0 Å². The van der Waals surface area contributed by atoms with Crippen LogP contribution in [-0.4, -0.2) is 18.8 Å². The molecule has 0 radical (unpaired) electrons. The fourth-order valence-corrected chi connectivity index (χ4v) is 2.10. The average Bonchev–Trinajstić information content (AvgIpc) is 2.26. The van der Waals surface area contributed by atoms with Crippen LogP contribution in [0, 0.1) is 5.41 Å². The highest BCUT2D eigenvalue weighted by Crippen LogP contribution is 2.39. The van der Waals surface area contributed by atoms with Crippen molar-refractivity contribution in [2.24, 2.45) is 5.41 Å². The predicted octanol–water partition coefficient (Wildman–Crippen LogP) is 2.81. The Balaban J connectivity index is 2.94. The van der Waals surface area contributed by atoms with Gasteiger partial charge in [-0.3, -0.25) is 0 Å². The molecule has 0 heterocycles. The van der Waals surface area contributed by atoms with Crippen molar-refractivity contribution >= 4 is 0 Å². The molecule has 0 spiro atoms. The van der Waals surface area contributed by atoms with Crippen molar-refractivity contribution in [1.82, 2.24) is 0 Å². The van der Waals surface area contributed by atoms with E-state index in [2.05, 4.69) is 25.7 Å². The van der Waals surface area contributed by atoms with E-state index in [0.717, 1.165) is 25.0 Å². The monoisotopic (exact) mass is 208 g/mol. The first-order valence-corrected chi connectivity index (χ1v) is 5.33. The summed E-state index contributed by atoms with van der Waals surface area (Å²) in [5.41, 5.74) is 0.958. The average molecular weight is 208 g/mol. The summed E-state index contributed by atoms with van der Waals surface area (Å²) < 4.78 is 5.37. The molecule has 1 aliphatic rings. The minimum Gasteiger partial charge on any atom is -0.500 e. The van der Waals surface area contributed by atoms with Gasteiger partial charge >= 0.3 is 0 Å². The van der Waals surface area contributed by atoms with Crippen molar-refractivity contribution in [2.75, 3.05) is 13.7 Å². The van der Waals surface area contributed by atoms with Crippen molar-refractivity contribution in [2.45, 2.75) is 26.2 Å². The van der Waals surface area contributed by atoms with Crippen molar-refractivity contribution in [3.8, 4) is 0 Å². The zero-order chi connectivity index (χ0) is 11.3. The van der Waals surface area contributed by atoms with Crippen molar-refractivity contribution in [1.29, 1.82) is 0 Å². The minimum atomic E-state index is -0.328. The van der Waals surface area contributed by atoms with Crippen LogP contribution in [0.15, 0.2) is 36.1 Å². The molecular formula is C13H20O2. The van der Waals surface area contributed by atoms with Gasteiger partial charge in [-0.2, -0.15) is 0 Å². The lowest BCUT2D eigenvalue weighted by molar-refractivity contribution is 0.116. The number of methoxy groups -OCH3 is 1. The Morgan fingerprint density at radius 3 is 2.93 bits per heavy atom. The summed E-state index contributed by atoms with van der Waals surface area (Å²) in [6.07, 6.45) is 8.72. The van der Waals surface area contributed by atoms with Gasteiger partial charge in [0.05, 0.1) is 19.1 Å². The van der Waals surface area contributed by atoms with Crippen LogP contribution < -0.4 is 0 Å². The highest BCUT2D eigenvalue weighted by molar-refractivity contribution is 5.28. The van der Waals surface area contributed by atoms with Gasteiger partial charge in [-0.15, -0.1) is 6.58 Å². The van der Waals surface area contributed by atoms with Crippen LogP contribution in [0.1, 0.15) is 26.2 Å². The lowest BCUT2D eigenvalue weighted by Gasteiger charge is -2.33. The summed E-state index contributed by atoms with van der Waals surface area (Å²) in [5.74, 6) is 0.887. The molecule has 0 bridgehead atoms. The highest BCUT2D eigenvalue weighted by Gasteiger charge is 2.34. The van der Waals surface area contributed by atoms with E-state index < -0.39 is 0 Å². The Morgan fingerprint density at radius 1 is 1.67 bits per heavy atom. The molecule has 0 amide bonds. The van der Waals surface area contributed by atoms with Gasteiger partial charge in [-0.25, -0.2) is 0 Å². The third kappa shape index (κ3) is 2.51. The van der Waals surface area contributed by atoms with E-state index in [-0.39, 0.29) is 12.0 Å². The fourth-order valence-electron chi connectivity index (χ4n) is 2.10. The van der Waals surface area contributed by atoms with Crippen LogP contribution in [0.25, 0.3) is 0 Å². The number of hydrogen-bond acceptors (Lipinski definition) is 2. The Labute approximate surface area is 92.0 Å². The lowest BCUT2D eigenvalue weighted by atomic mass is 9.77. The van der Waals surface area contributed by atoms with Gasteiger partial charge in [0.15, 0.2) is 0 Å². The number of rotatable bonds is 5. The van der Waals surface area contributed by atoms with Crippen LogP contribution in [0.3, 0.4) is 0 Å². The summed E-state index contributed by atoms with van der Waals surface area (Å²) >= 11 is 0. The highest BCUT2D eigenvalue weighted by atomic mass is 16.5. The molecule has 2 heteroatoms. The maximum absolute atomic E-state index is 9.59. The summed E-state index contributed by atoms with van der Waals surface area (Å²) in [6.45, 7) is 5.90. The summed E-state index contributed by atoms with van der Waals surface area (Å²) in [7, 11) is 1.67. The normalized spacial score (nSPS) is 25.5. The van der Waals surface area contributed by atoms with Gasteiger partial charge in [0.2, 0.25) is 0 Å². The maximum Gasteiger partial charge on any atom is 0.104 e. The summed E-state index contributed by atoms with van der Waals surface area (Å²) in [4.78, 5) is 0. The first kappa shape index (κ1) is 12.1. The molecule has 1 rings (SSSR count). The summed E-state index contributed by atoms with van der Waals surface area (Å²) in [6, 6.07) is 0. The van der Waals surface area contributed by atoms with E-state index in [1.54, 1.807) is 7.11 Å². The molecule has 0 fully saturated rings. The zero-order valence-corrected chi connectivity index (χ0v) is 9.62. The first-order chi connectivity index (χ1) is 7.18. The number of hydrogen-bond donors (Lipinski definition) is 1. The molecule has 1 atom stereocenters. The Hall–Kier alpha value is -1.02. The molecule has 0 saturated carbocycles. The lowest BCUT2D eigenvalue weighted by Crippen LogP contribution is -2.29.